The van der Waals surface area contributed by atoms with E-state index in [0.29, 0.717) is 25.4 Å². The van der Waals surface area contributed by atoms with Crippen LogP contribution in [0.25, 0.3) is 0 Å². The molecule has 0 aliphatic carbocycles. The standard InChI is InChI=1S/C16H22O4S/c1-4-19-14(17)10-11-21-15(16(18)20-5-2)13-9-7-6-8-12(13)3/h6-9,15H,4-5,10-11H2,1-3H3. The van der Waals surface area contributed by atoms with Gasteiger partial charge in [0, 0.05) is 5.75 Å². The fourth-order valence-corrected chi connectivity index (χ4v) is 3.05. The highest BCUT2D eigenvalue weighted by atomic mass is 32.2. The summed E-state index contributed by atoms with van der Waals surface area (Å²) in [6.07, 6.45) is 0.292. The average molecular weight is 310 g/mol. The lowest BCUT2D eigenvalue weighted by Gasteiger charge is -2.17. The summed E-state index contributed by atoms with van der Waals surface area (Å²) in [5.74, 6) is 0.0226. The van der Waals surface area contributed by atoms with Crippen molar-refractivity contribution in [2.24, 2.45) is 0 Å². The minimum atomic E-state index is -0.402. The van der Waals surface area contributed by atoms with Gasteiger partial charge in [0.15, 0.2) is 0 Å². The summed E-state index contributed by atoms with van der Waals surface area (Å²) < 4.78 is 10.0. The van der Waals surface area contributed by atoms with Crippen LogP contribution in [-0.4, -0.2) is 30.9 Å². The molecule has 0 radical (unpaired) electrons. The monoisotopic (exact) mass is 310 g/mol. The average Bonchev–Trinajstić information content (AvgIpc) is 2.45. The van der Waals surface area contributed by atoms with E-state index in [9.17, 15) is 9.59 Å². The summed E-state index contributed by atoms with van der Waals surface area (Å²) in [7, 11) is 0. The second-order valence-electron chi connectivity index (χ2n) is 4.41. The summed E-state index contributed by atoms with van der Waals surface area (Å²) in [4.78, 5) is 23.5. The maximum Gasteiger partial charge on any atom is 0.323 e. The Morgan fingerprint density at radius 2 is 1.81 bits per heavy atom. The minimum Gasteiger partial charge on any atom is -0.466 e. The Morgan fingerprint density at radius 3 is 2.43 bits per heavy atom. The van der Waals surface area contributed by atoms with Crippen molar-refractivity contribution >= 4 is 23.7 Å². The van der Waals surface area contributed by atoms with Crippen molar-refractivity contribution in [3.63, 3.8) is 0 Å². The van der Waals surface area contributed by atoms with E-state index in [4.69, 9.17) is 9.47 Å². The highest BCUT2D eigenvalue weighted by Gasteiger charge is 2.24. The van der Waals surface area contributed by atoms with E-state index in [1.807, 2.05) is 31.2 Å². The van der Waals surface area contributed by atoms with Crippen molar-refractivity contribution in [3.05, 3.63) is 35.4 Å². The molecule has 116 valence electrons. The zero-order valence-corrected chi connectivity index (χ0v) is 13.6. The van der Waals surface area contributed by atoms with Crippen LogP contribution in [0.4, 0.5) is 0 Å². The van der Waals surface area contributed by atoms with Crippen LogP contribution >= 0.6 is 11.8 Å². The van der Waals surface area contributed by atoms with Crippen molar-refractivity contribution < 1.29 is 19.1 Å². The molecule has 1 atom stereocenters. The molecular formula is C16H22O4S. The Morgan fingerprint density at radius 1 is 1.14 bits per heavy atom. The van der Waals surface area contributed by atoms with E-state index in [1.165, 1.54) is 11.8 Å². The van der Waals surface area contributed by atoms with Crippen LogP contribution in [0.5, 0.6) is 0 Å². The molecule has 5 heteroatoms. The van der Waals surface area contributed by atoms with Crippen molar-refractivity contribution in [2.45, 2.75) is 32.4 Å². The van der Waals surface area contributed by atoms with Crippen molar-refractivity contribution in [1.82, 2.24) is 0 Å². The maximum atomic E-state index is 12.1. The smallest absolute Gasteiger partial charge is 0.323 e. The zero-order chi connectivity index (χ0) is 15.7. The van der Waals surface area contributed by atoms with Crippen LogP contribution in [-0.2, 0) is 19.1 Å². The quantitative estimate of drug-likeness (QED) is 0.690. The Balaban J connectivity index is 2.72. The van der Waals surface area contributed by atoms with Gasteiger partial charge in [-0.05, 0) is 31.9 Å². The Bertz CT molecular complexity index is 473. The highest BCUT2D eigenvalue weighted by molar-refractivity contribution is 8.00. The van der Waals surface area contributed by atoms with Gasteiger partial charge in [-0.1, -0.05) is 24.3 Å². The molecule has 1 rings (SSSR count). The molecule has 0 aliphatic rings. The number of esters is 2. The number of aryl methyl sites for hydroxylation is 1. The molecule has 0 N–H and O–H groups in total. The summed E-state index contributed by atoms with van der Waals surface area (Å²) >= 11 is 1.42. The Hall–Kier alpha value is -1.49. The zero-order valence-electron chi connectivity index (χ0n) is 12.8. The molecule has 0 spiro atoms. The molecule has 21 heavy (non-hydrogen) atoms. The lowest BCUT2D eigenvalue weighted by molar-refractivity contribution is -0.143. The van der Waals surface area contributed by atoms with E-state index in [2.05, 4.69) is 0 Å². The van der Waals surface area contributed by atoms with Gasteiger partial charge in [0.1, 0.15) is 5.25 Å². The van der Waals surface area contributed by atoms with Gasteiger partial charge in [-0.15, -0.1) is 11.8 Å². The van der Waals surface area contributed by atoms with E-state index in [-0.39, 0.29) is 11.9 Å². The SMILES string of the molecule is CCOC(=O)CCSC(C(=O)OCC)c1ccccc1C. The lowest BCUT2D eigenvalue weighted by atomic mass is 10.1. The van der Waals surface area contributed by atoms with Crippen LogP contribution in [0.1, 0.15) is 36.6 Å². The Kier molecular flexibility index (Phi) is 7.90. The van der Waals surface area contributed by atoms with Gasteiger partial charge in [-0.3, -0.25) is 9.59 Å². The first kappa shape index (κ1) is 17.6. The molecule has 1 aromatic carbocycles. The van der Waals surface area contributed by atoms with Crippen molar-refractivity contribution in [2.75, 3.05) is 19.0 Å². The van der Waals surface area contributed by atoms with Gasteiger partial charge in [0.2, 0.25) is 0 Å². The summed E-state index contributed by atoms with van der Waals surface area (Å²) in [5.41, 5.74) is 1.98. The largest absolute Gasteiger partial charge is 0.466 e. The molecule has 0 bridgehead atoms. The van der Waals surface area contributed by atoms with Crippen molar-refractivity contribution in [1.29, 1.82) is 0 Å². The predicted molar refractivity (Wildman–Crippen MR) is 84.3 cm³/mol. The summed E-state index contributed by atoms with van der Waals surface area (Å²) in [5, 5.41) is -0.402. The number of carbonyl (C=O) groups is 2. The maximum absolute atomic E-state index is 12.1. The van der Waals surface area contributed by atoms with Gasteiger partial charge >= 0.3 is 11.9 Å². The van der Waals surface area contributed by atoms with Gasteiger partial charge < -0.3 is 9.47 Å². The number of benzene rings is 1. The molecular weight excluding hydrogens is 288 g/mol. The van der Waals surface area contributed by atoms with Gasteiger partial charge in [0.25, 0.3) is 0 Å². The van der Waals surface area contributed by atoms with Gasteiger partial charge in [-0.2, -0.15) is 0 Å². The normalized spacial score (nSPS) is 11.8. The first-order valence-electron chi connectivity index (χ1n) is 7.09. The van der Waals surface area contributed by atoms with Crippen molar-refractivity contribution in [3.8, 4) is 0 Å². The van der Waals surface area contributed by atoms with Crippen LogP contribution in [0.3, 0.4) is 0 Å². The first-order chi connectivity index (χ1) is 10.1. The van der Waals surface area contributed by atoms with E-state index < -0.39 is 5.25 Å². The third-order valence-electron chi connectivity index (χ3n) is 2.87. The fraction of sp³-hybridized carbons (Fsp3) is 0.500. The van der Waals surface area contributed by atoms with Crippen LogP contribution in [0.2, 0.25) is 0 Å². The van der Waals surface area contributed by atoms with Gasteiger partial charge in [-0.25, -0.2) is 0 Å². The number of rotatable bonds is 8. The third-order valence-corrected chi connectivity index (χ3v) is 4.09. The second kappa shape index (κ2) is 9.45. The molecule has 0 saturated heterocycles. The Labute approximate surface area is 130 Å². The first-order valence-corrected chi connectivity index (χ1v) is 8.14. The summed E-state index contributed by atoms with van der Waals surface area (Å²) in [6, 6.07) is 7.73. The van der Waals surface area contributed by atoms with Crippen LogP contribution in [0, 0.1) is 6.92 Å². The number of ether oxygens (including phenoxy) is 2. The lowest BCUT2D eigenvalue weighted by Crippen LogP contribution is -2.15. The highest BCUT2D eigenvalue weighted by Crippen LogP contribution is 2.32. The molecule has 0 aromatic heterocycles. The molecule has 1 aromatic rings. The molecule has 0 aliphatic heterocycles. The van der Waals surface area contributed by atoms with E-state index >= 15 is 0 Å². The molecule has 4 nitrogen and oxygen atoms in total. The fourth-order valence-electron chi connectivity index (χ4n) is 1.88. The van der Waals surface area contributed by atoms with Crippen LogP contribution in [0.15, 0.2) is 24.3 Å². The molecule has 0 amide bonds. The number of hydrogen-bond acceptors (Lipinski definition) is 5. The predicted octanol–water partition coefficient (Wildman–Crippen LogP) is 3.29. The minimum absolute atomic E-state index is 0.239. The molecule has 0 saturated carbocycles. The van der Waals surface area contributed by atoms with Crippen LogP contribution < -0.4 is 0 Å². The second-order valence-corrected chi connectivity index (χ2v) is 5.63. The molecule has 1 unspecified atom stereocenters. The van der Waals surface area contributed by atoms with E-state index in [0.717, 1.165) is 11.1 Å². The topological polar surface area (TPSA) is 52.6 Å². The third kappa shape index (κ3) is 5.79. The molecule has 0 fully saturated rings. The molecule has 0 heterocycles. The number of carbonyl (C=O) groups excluding carboxylic acids is 2. The van der Waals surface area contributed by atoms with Gasteiger partial charge in [0.05, 0.1) is 19.6 Å². The summed E-state index contributed by atoms with van der Waals surface area (Å²) in [6.45, 7) is 6.26. The number of thioether (sulfide) groups is 1. The number of hydrogen-bond donors (Lipinski definition) is 0. The van der Waals surface area contributed by atoms with E-state index in [1.54, 1.807) is 13.8 Å².